The van der Waals surface area contributed by atoms with E-state index in [9.17, 15) is 9.59 Å². The molecule has 2 aromatic heterocycles. The normalized spacial score (nSPS) is 14.7. The van der Waals surface area contributed by atoms with E-state index < -0.39 is 0 Å². The van der Waals surface area contributed by atoms with Crippen molar-refractivity contribution in [1.82, 2.24) is 19.8 Å². The van der Waals surface area contributed by atoms with Crippen LogP contribution < -0.4 is 10.9 Å². The summed E-state index contributed by atoms with van der Waals surface area (Å²) in [6.07, 6.45) is 1.39. The smallest absolute Gasteiger partial charge is 0.267 e. The zero-order valence-electron chi connectivity index (χ0n) is 13.0. The monoisotopic (exact) mass is 350 g/mol. The topological polar surface area (TPSA) is 67.2 Å². The Hall–Kier alpha value is -1.64. The Kier molecular flexibility index (Phi) is 4.84. The molecule has 0 saturated heterocycles. The van der Waals surface area contributed by atoms with Gasteiger partial charge in [0.2, 0.25) is 0 Å². The molecule has 8 heteroatoms. The molecule has 0 spiro atoms. The molecule has 3 heterocycles. The quantitative estimate of drug-likeness (QED) is 0.827. The van der Waals surface area contributed by atoms with E-state index in [1.165, 1.54) is 18.0 Å². The summed E-state index contributed by atoms with van der Waals surface area (Å²) in [4.78, 5) is 31.0. The van der Waals surface area contributed by atoms with Gasteiger partial charge in [0.05, 0.1) is 6.04 Å². The highest BCUT2D eigenvalue weighted by Gasteiger charge is 2.21. The maximum absolute atomic E-state index is 12.4. The van der Waals surface area contributed by atoms with Crippen LogP contribution >= 0.6 is 23.1 Å². The van der Waals surface area contributed by atoms with Crippen LogP contribution in [0.25, 0.3) is 0 Å². The van der Waals surface area contributed by atoms with Gasteiger partial charge in [-0.2, -0.15) is 11.3 Å². The number of likely N-dealkylation sites (N-methyl/N-ethyl adjacent to an activating group) is 1. The van der Waals surface area contributed by atoms with Crippen molar-refractivity contribution in [2.75, 3.05) is 26.4 Å². The Bertz CT molecular complexity index is 755. The SMILES string of the molecule is CN(C)C(CNC(=O)c1cnc2n(c1=O)CCS2)c1ccsc1. The summed E-state index contributed by atoms with van der Waals surface area (Å²) in [6, 6.07) is 2.12. The number of rotatable bonds is 5. The van der Waals surface area contributed by atoms with Crippen LogP contribution in [0.2, 0.25) is 0 Å². The van der Waals surface area contributed by atoms with E-state index >= 15 is 0 Å². The van der Waals surface area contributed by atoms with Gasteiger partial charge in [0.1, 0.15) is 5.56 Å². The lowest BCUT2D eigenvalue weighted by Crippen LogP contribution is -2.38. The first-order valence-electron chi connectivity index (χ1n) is 7.27. The number of hydrogen-bond acceptors (Lipinski definition) is 6. The average molecular weight is 350 g/mol. The molecule has 0 fully saturated rings. The first kappa shape index (κ1) is 16.2. The number of nitrogens with zero attached hydrogens (tertiary/aromatic N) is 3. The van der Waals surface area contributed by atoms with Crippen LogP contribution in [0.5, 0.6) is 0 Å². The predicted molar refractivity (Wildman–Crippen MR) is 92.3 cm³/mol. The molecule has 1 N–H and O–H groups in total. The molecule has 0 aromatic carbocycles. The molecule has 3 rings (SSSR count). The molecule has 1 unspecified atom stereocenters. The van der Waals surface area contributed by atoms with Gasteiger partial charge in [-0.05, 0) is 36.5 Å². The lowest BCUT2D eigenvalue weighted by atomic mass is 10.1. The predicted octanol–water partition coefficient (Wildman–Crippen LogP) is 1.44. The van der Waals surface area contributed by atoms with Gasteiger partial charge in [-0.3, -0.25) is 14.2 Å². The number of nitrogens with one attached hydrogen (secondary N) is 1. The molecule has 23 heavy (non-hydrogen) atoms. The fourth-order valence-electron chi connectivity index (χ4n) is 2.52. The van der Waals surface area contributed by atoms with Crippen LogP contribution in [0.15, 0.2) is 33.0 Å². The van der Waals surface area contributed by atoms with Crippen LogP contribution in [0, 0.1) is 0 Å². The minimum Gasteiger partial charge on any atom is -0.350 e. The van der Waals surface area contributed by atoms with Crippen LogP contribution in [-0.2, 0) is 6.54 Å². The summed E-state index contributed by atoms with van der Waals surface area (Å²) >= 11 is 3.16. The Labute approximate surface area is 142 Å². The first-order valence-corrected chi connectivity index (χ1v) is 9.20. The highest BCUT2D eigenvalue weighted by atomic mass is 32.2. The summed E-state index contributed by atoms with van der Waals surface area (Å²) in [5, 5.41) is 7.64. The maximum atomic E-state index is 12.4. The molecule has 6 nitrogen and oxygen atoms in total. The minimum atomic E-state index is -0.364. The van der Waals surface area contributed by atoms with Gasteiger partial charge in [-0.25, -0.2) is 4.98 Å². The lowest BCUT2D eigenvalue weighted by Gasteiger charge is -2.23. The van der Waals surface area contributed by atoms with Crippen LogP contribution in [0.4, 0.5) is 0 Å². The molecule has 0 aliphatic carbocycles. The number of thioether (sulfide) groups is 1. The number of hydrogen-bond donors (Lipinski definition) is 1. The lowest BCUT2D eigenvalue weighted by molar-refractivity contribution is 0.0939. The number of carbonyl (C=O) groups is 1. The third-order valence-corrected chi connectivity index (χ3v) is 5.48. The van der Waals surface area contributed by atoms with Crippen LogP contribution in [0.1, 0.15) is 22.0 Å². The second kappa shape index (κ2) is 6.86. The highest BCUT2D eigenvalue weighted by molar-refractivity contribution is 7.99. The third kappa shape index (κ3) is 3.34. The van der Waals surface area contributed by atoms with Crippen molar-refractivity contribution in [2.24, 2.45) is 0 Å². The average Bonchev–Trinajstić information content (AvgIpc) is 3.18. The standard InChI is InChI=1S/C15H18N4O2S2/c1-18(2)12(10-3-5-22-9-10)8-16-13(20)11-7-17-15-19(14(11)21)4-6-23-15/h3,5,7,9,12H,4,6,8H2,1-2H3,(H,16,20). The van der Waals surface area contributed by atoms with E-state index in [4.69, 9.17) is 0 Å². The molecule has 0 bridgehead atoms. The van der Waals surface area contributed by atoms with Gasteiger partial charge in [-0.15, -0.1) is 0 Å². The van der Waals surface area contributed by atoms with Crippen molar-refractivity contribution in [3.05, 3.63) is 44.5 Å². The van der Waals surface area contributed by atoms with Gasteiger partial charge < -0.3 is 10.2 Å². The van der Waals surface area contributed by atoms with Crippen LogP contribution in [0.3, 0.4) is 0 Å². The molecule has 1 aliphatic rings. The summed E-state index contributed by atoms with van der Waals surface area (Å²) in [7, 11) is 3.94. The van der Waals surface area contributed by atoms with Gasteiger partial charge in [0.15, 0.2) is 5.16 Å². The molecule has 2 aromatic rings. The first-order chi connectivity index (χ1) is 11.1. The zero-order chi connectivity index (χ0) is 16.4. The summed E-state index contributed by atoms with van der Waals surface area (Å²) < 4.78 is 1.57. The Morgan fingerprint density at radius 3 is 3.04 bits per heavy atom. The van der Waals surface area contributed by atoms with E-state index in [-0.39, 0.29) is 23.1 Å². The Balaban J connectivity index is 1.74. The third-order valence-electron chi connectivity index (χ3n) is 3.81. The van der Waals surface area contributed by atoms with Gasteiger partial charge in [-0.1, -0.05) is 11.8 Å². The van der Waals surface area contributed by atoms with Crippen molar-refractivity contribution in [1.29, 1.82) is 0 Å². The number of carbonyl (C=O) groups excluding carboxylic acids is 1. The Morgan fingerprint density at radius 2 is 2.35 bits per heavy atom. The largest absolute Gasteiger partial charge is 0.350 e. The molecule has 0 saturated carbocycles. The van der Waals surface area contributed by atoms with Gasteiger partial charge in [0, 0.05) is 25.0 Å². The van der Waals surface area contributed by atoms with Crippen molar-refractivity contribution >= 4 is 29.0 Å². The van der Waals surface area contributed by atoms with Crippen molar-refractivity contribution < 1.29 is 4.79 Å². The highest BCUT2D eigenvalue weighted by Crippen LogP contribution is 2.21. The van der Waals surface area contributed by atoms with Gasteiger partial charge >= 0.3 is 0 Å². The van der Waals surface area contributed by atoms with Gasteiger partial charge in [0.25, 0.3) is 11.5 Å². The number of amides is 1. The molecule has 1 aliphatic heterocycles. The summed E-state index contributed by atoms with van der Waals surface area (Å²) in [5.41, 5.74) is 1.01. The van der Waals surface area contributed by atoms with E-state index in [2.05, 4.69) is 15.7 Å². The number of aromatic nitrogens is 2. The molecule has 122 valence electrons. The maximum Gasteiger partial charge on any atom is 0.267 e. The van der Waals surface area contributed by atoms with Crippen molar-refractivity contribution in [2.45, 2.75) is 17.7 Å². The molecular weight excluding hydrogens is 332 g/mol. The van der Waals surface area contributed by atoms with Crippen LogP contribution in [-0.4, -0.2) is 46.8 Å². The van der Waals surface area contributed by atoms with E-state index in [0.717, 1.165) is 11.3 Å². The number of thiophene rings is 1. The van der Waals surface area contributed by atoms with E-state index in [1.807, 2.05) is 30.4 Å². The zero-order valence-corrected chi connectivity index (χ0v) is 14.6. The van der Waals surface area contributed by atoms with E-state index in [0.29, 0.717) is 18.2 Å². The minimum absolute atomic E-state index is 0.0749. The Morgan fingerprint density at radius 1 is 1.52 bits per heavy atom. The summed E-state index contributed by atoms with van der Waals surface area (Å²) in [5.74, 6) is 0.463. The fourth-order valence-corrected chi connectivity index (χ4v) is 4.14. The van der Waals surface area contributed by atoms with E-state index in [1.54, 1.807) is 15.9 Å². The second-order valence-electron chi connectivity index (χ2n) is 5.51. The van der Waals surface area contributed by atoms with Crippen molar-refractivity contribution in [3.8, 4) is 0 Å². The molecule has 0 radical (unpaired) electrons. The summed E-state index contributed by atoms with van der Waals surface area (Å²) in [6.45, 7) is 1.06. The fraction of sp³-hybridized carbons (Fsp3) is 0.400. The second-order valence-corrected chi connectivity index (χ2v) is 7.35. The number of fused-ring (bicyclic) bond motifs is 1. The molecular formula is C15H18N4O2S2. The molecule has 1 atom stereocenters. The molecule has 1 amide bonds. The van der Waals surface area contributed by atoms with Crippen molar-refractivity contribution in [3.63, 3.8) is 0 Å².